The Balaban J connectivity index is 1.34. The van der Waals surface area contributed by atoms with Crippen LogP contribution < -0.4 is 0 Å². The third kappa shape index (κ3) is 4.73. The summed E-state index contributed by atoms with van der Waals surface area (Å²) in [6, 6.07) is 16.2. The van der Waals surface area contributed by atoms with Crippen LogP contribution in [0.25, 0.3) is 5.57 Å². The van der Waals surface area contributed by atoms with Gasteiger partial charge in [-0.2, -0.15) is 0 Å². The van der Waals surface area contributed by atoms with E-state index >= 15 is 0 Å². The van der Waals surface area contributed by atoms with Crippen molar-refractivity contribution in [2.24, 2.45) is 5.92 Å². The van der Waals surface area contributed by atoms with Crippen LogP contribution in [0.3, 0.4) is 0 Å². The van der Waals surface area contributed by atoms with Gasteiger partial charge in [0.1, 0.15) is 0 Å². The average Bonchev–Trinajstić information content (AvgIpc) is 2.79. The molecule has 3 heterocycles. The molecular formula is C24H27N3O2. The summed E-state index contributed by atoms with van der Waals surface area (Å²) in [5.74, 6) is 0.238. The summed E-state index contributed by atoms with van der Waals surface area (Å²) in [4.78, 5) is 33.5. The SMILES string of the molecule is O=C1CCC(C(=O)N2CC=C(c3ccccc3)CC2)CN1CCc1ccccn1. The van der Waals surface area contributed by atoms with Gasteiger partial charge in [-0.3, -0.25) is 14.6 Å². The van der Waals surface area contributed by atoms with Crippen LogP contribution in [0, 0.1) is 5.92 Å². The molecule has 1 saturated heterocycles. The smallest absolute Gasteiger partial charge is 0.227 e. The van der Waals surface area contributed by atoms with E-state index in [4.69, 9.17) is 0 Å². The molecule has 29 heavy (non-hydrogen) atoms. The van der Waals surface area contributed by atoms with Gasteiger partial charge in [0.25, 0.3) is 0 Å². The van der Waals surface area contributed by atoms with Gasteiger partial charge >= 0.3 is 0 Å². The molecule has 1 fully saturated rings. The Labute approximate surface area is 172 Å². The van der Waals surface area contributed by atoms with Gasteiger partial charge in [-0.1, -0.05) is 42.5 Å². The van der Waals surface area contributed by atoms with E-state index in [1.807, 2.05) is 46.2 Å². The van der Waals surface area contributed by atoms with E-state index in [9.17, 15) is 9.59 Å². The van der Waals surface area contributed by atoms with Crippen LogP contribution in [-0.4, -0.2) is 52.8 Å². The molecule has 0 saturated carbocycles. The Kier molecular flexibility index (Phi) is 6.03. The van der Waals surface area contributed by atoms with E-state index < -0.39 is 0 Å². The van der Waals surface area contributed by atoms with Crippen molar-refractivity contribution >= 4 is 17.4 Å². The highest BCUT2D eigenvalue weighted by Gasteiger charge is 2.33. The zero-order valence-corrected chi connectivity index (χ0v) is 16.7. The first-order chi connectivity index (χ1) is 14.2. The Morgan fingerprint density at radius 3 is 2.62 bits per heavy atom. The molecule has 0 N–H and O–H groups in total. The first kappa shape index (κ1) is 19.4. The zero-order valence-electron chi connectivity index (χ0n) is 16.7. The van der Waals surface area contributed by atoms with E-state index in [1.165, 1.54) is 11.1 Å². The number of rotatable bonds is 5. The standard InChI is InChI=1S/C24H27N3O2/c28-23-10-9-21(18-27(23)17-13-22-8-4-5-14-25-22)24(29)26-15-11-20(12-16-26)19-6-2-1-3-7-19/h1-8,11,14,21H,9-10,12-13,15-18H2. The summed E-state index contributed by atoms with van der Waals surface area (Å²) >= 11 is 0. The Hall–Kier alpha value is -2.95. The number of likely N-dealkylation sites (tertiary alicyclic amines) is 1. The third-order valence-corrected chi connectivity index (χ3v) is 5.88. The summed E-state index contributed by atoms with van der Waals surface area (Å²) < 4.78 is 0. The van der Waals surface area contributed by atoms with Crippen LogP contribution in [0.4, 0.5) is 0 Å². The maximum Gasteiger partial charge on any atom is 0.227 e. The van der Waals surface area contributed by atoms with Crippen molar-refractivity contribution in [1.82, 2.24) is 14.8 Å². The molecule has 5 nitrogen and oxygen atoms in total. The molecule has 0 spiro atoms. The van der Waals surface area contributed by atoms with Crippen LogP contribution in [-0.2, 0) is 16.0 Å². The van der Waals surface area contributed by atoms with Gasteiger partial charge < -0.3 is 9.80 Å². The maximum atomic E-state index is 13.1. The predicted octanol–water partition coefficient (Wildman–Crippen LogP) is 3.18. The van der Waals surface area contributed by atoms with Gasteiger partial charge in [-0.15, -0.1) is 0 Å². The van der Waals surface area contributed by atoms with Crippen molar-refractivity contribution in [3.05, 3.63) is 72.1 Å². The third-order valence-electron chi connectivity index (χ3n) is 5.88. The molecule has 2 aromatic rings. The van der Waals surface area contributed by atoms with Crippen LogP contribution in [0.1, 0.15) is 30.5 Å². The minimum absolute atomic E-state index is 0.0943. The molecule has 4 rings (SSSR count). The van der Waals surface area contributed by atoms with Gasteiger partial charge in [-0.25, -0.2) is 0 Å². The van der Waals surface area contributed by atoms with Gasteiger partial charge in [0, 0.05) is 50.9 Å². The highest BCUT2D eigenvalue weighted by atomic mass is 16.2. The molecule has 2 amide bonds. The van der Waals surface area contributed by atoms with E-state index in [2.05, 4.69) is 23.2 Å². The number of hydrogen-bond acceptors (Lipinski definition) is 3. The quantitative estimate of drug-likeness (QED) is 0.789. The number of amides is 2. The molecule has 2 aliphatic heterocycles. The summed E-state index contributed by atoms with van der Waals surface area (Å²) in [6.07, 6.45) is 6.66. The van der Waals surface area contributed by atoms with Crippen molar-refractivity contribution in [2.75, 3.05) is 26.2 Å². The fourth-order valence-corrected chi connectivity index (χ4v) is 4.17. The average molecular weight is 389 g/mol. The highest BCUT2D eigenvalue weighted by Crippen LogP contribution is 2.25. The van der Waals surface area contributed by atoms with E-state index in [1.54, 1.807) is 6.20 Å². The molecule has 0 aliphatic carbocycles. The predicted molar refractivity (Wildman–Crippen MR) is 113 cm³/mol. The van der Waals surface area contributed by atoms with Crippen LogP contribution in [0.15, 0.2) is 60.8 Å². The van der Waals surface area contributed by atoms with Gasteiger partial charge in [-0.05, 0) is 36.1 Å². The number of pyridine rings is 1. The van der Waals surface area contributed by atoms with Gasteiger partial charge in [0.2, 0.25) is 11.8 Å². The number of hydrogen-bond donors (Lipinski definition) is 0. The van der Waals surface area contributed by atoms with Crippen molar-refractivity contribution in [1.29, 1.82) is 0 Å². The van der Waals surface area contributed by atoms with E-state index in [0.29, 0.717) is 32.5 Å². The lowest BCUT2D eigenvalue weighted by Gasteiger charge is -2.36. The number of nitrogens with zero attached hydrogens (tertiary/aromatic N) is 3. The minimum atomic E-state index is -0.0943. The van der Waals surface area contributed by atoms with Crippen molar-refractivity contribution in [3.63, 3.8) is 0 Å². The van der Waals surface area contributed by atoms with Crippen LogP contribution in [0.2, 0.25) is 0 Å². The molecule has 0 bridgehead atoms. The number of carbonyl (C=O) groups is 2. The fraction of sp³-hybridized carbons (Fsp3) is 0.375. The molecular weight excluding hydrogens is 362 g/mol. The minimum Gasteiger partial charge on any atom is -0.342 e. The normalized spacial score (nSPS) is 19.8. The molecule has 150 valence electrons. The van der Waals surface area contributed by atoms with E-state index in [-0.39, 0.29) is 17.7 Å². The highest BCUT2D eigenvalue weighted by molar-refractivity contribution is 5.84. The summed E-state index contributed by atoms with van der Waals surface area (Å²) in [5.41, 5.74) is 3.53. The molecule has 1 aromatic heterocycles. The fourth-order valence-electron chi connectivity index (χ4n) is 4.17. The van der Waals surface area contributed by atoms with Gasteiger partial charge in [0.05, 0.1) is 5.92 Å². The summed E-state index contributed by atoms with van der Waals surface area (Å²) in [7, 11) is 0. The summed E-state index contributed by atoms with van der Waals surface area (Å²) in [6.45, 7) is 2.55. The summed E-state index contributed by atoms with van der Waals surface area (Å²) in [5, 5.41) is 0. The molecule has 5 heteroatoms. The van der Waals surface area contributed by atoms with Crippen molar-refractivity contribution in [3.8, 4) is 0 Å². The second-order valence-electron chi connectivity index (χ2n) is 7.78. The first-order valence-electron chi connectivity index (χ1n) is 10.4. The number of benzene rings is 1. The topological polar surface area (TPSA) is 53.5 Å². The lowest BCUT2D eigenvalue weighted by Crippen LogP contribution is -2.48. The Bertz CT molecular complexity index is 880. The van der Waals surface area contributed by atoms with Crippen LogP contribution in [0.5, 0.6) is 0 Å². The second kappa shape index (κ2) is 9.03. The van der Waals surface area contributed by atoms with E-state index in [0.717, 1.165) is 25.1 Å². The lowest BCUT2D eigenvalue weighted by molar-refractivity contribution is -0.142. The Morgan fingerprint density at radius 2 is 1.90 bits per heavy atom. The van der Waals surface area contributed by atoms with Crippen LogP contribution >= 0.6 is 0 Å². The molecule has 1 unspecified atom stereocenters. The van der Waals surface area contributed by atoms with Crippen molar-refractivity contribution < 1.29 is 9.59 Å². The van der Waals surface area contributed by atoms with Crippen molar-refractivity contribution in [2.45, 2.75) is 25.7 Å². The number of piperidine rings is 1. The monoisotopic (exact) mass is 389 g/mol. The second-order valence-corrected chi connectivity index (χ2v) is 7.78. The first-order valence-corrected chi connectivity index (χ1v) is 10.4. The molecule has 1 atom stereocenters. The molecule has 1 aromatic carbocycles. The maximum absolute atomic E-state index is 13.1. The molecule has 2 aliphatic rings. The zero-order chi connectivity index (χ0) is 20.1. The largest absolute Gasteiger partial charge is 0.342 e. The Morgan fingerprint density at radius 1 is 1.07 bits per heavy atom. The number of aromatic nitrogens is 1. The molecule has 0 radical (unpaired) electrons. The lowest BCUT2D eigenvalue weighted by atomic mass is 9.94. The number of carbonyl (C=O) groups excluding carboxylic acids is 2. The van der Waals surface area contributed by atoms with Gasteiger partial charge in [0.15, 0.2) is 0 Å².